The Morgan fingerprint density at radius 3 is 2.61 bits per heavy atom. The van der Waals surface area contributed by atoms with Gasteiger partial charge >= 0.3 is 5.97 Å². The van der Waals surface area contributed by atoms with Crippen molar-refractivity contribution in [1.29, 1.82) is 0 Å². The number of rotatable bonds is 9. The van der Waals surface area contributed by atoms with Crippen LogP contribution in [0.5, 0.6) is 5.75 Å². The zero-order valence-corrected chi connectivity index (χ0v) is 16.5. The maximum Gasteiger partial charge on any atom is 0.329 e. The first-order valence-corrected chi connectivity index (χ1v) is 9.34. The number of nitro benzene ring substituents is 1. The fourth-order valence-corrected chi connectivity index (χ4v) is 2.99. The van der Waals surface area contributed by atoms with Gasteiger partial charge in [-0.1, -0.05) is 20.8 Å². The monoisotopic (exact) mass is 394 g/mol. The zero-order chi connectivity index (χ0) is 20.8. The Kier molecular flexibility index (Phi) is 7.33. The van der Waals surface area contributed by atoms with E-state index in [4.69, 9.17) is 14.2 Å². The van der Waals surface area contributed by atoms with E-state index in [0.29, 0.717) is 12.4 Å². The van der Waals surface area contributed by atoms with Gasteiger partial charge in [0.2, 0.25) is 0 Å². The third-order valence-corrected chi connectivity index (χ3v) is 4.40. The van der Waals surface area contributed by atoms with E-state index in [2.05, 4.69) is 0 Å². The smallest absolute Gasteiger partial charge is 0.329 e. The summed E-state index contributed by atoms with van der Waals surface area (Å²) in [5.41, 5.74) is 0.00687. The van der Waals surface area contributed by atoms with Gasteiger partial charge in [-0.25, -0.2) is 4.79 Å². The van der Waals surface area contributed by atoms with Crippen LogP contribution in [0.2, 0.25) is 0 Å². The quantitative estimate of drug-likeness (QED) is 0.274. The molecule has 0 aromatic heterocycles. The summed E-state index contributed by atoms with van der Waals surface area (Å²) in [7, 11) is 0. The van der Waals surface area contributed by atoms with Crippen molar-refractivity contribution in [2.45, 2.75) is 46.3 Å². The minimum atomic E-state index is -0.917. The van der Waals surface area contributed by atoms with Crippen LogP contribution in [0.1, 0.15) is 34.1 Å². The van der Waals surface area contributed by atoms with Gasteiger partial charge in [-0.15, -0.1) is 0 Å². The molecule has 0 aliphatic carbocycles. The number of carbonyl (C=O) groups excluding carboxylic acids is 2. The third-order valence-electron chi connectivity index (χ3n) is 4.40. The van der Waals surface area contributed by atoms with Gasteiger partial charge in [0.05, 0.1) is 17.2 Å². The summed E-state index contributed by atoms with van der Waals surface area (Å²) in [6.07, 6.45) is -0.508. The van der Waals surface area contributed by atoms with Crippen LogP contribution >= 0.6 is 0 Å². The minimum Gasteiger partial charge on any atom is -0.478 e. The average molecular weight is 394 g/mol. The molecule has 9 heteroatoms. The molecule has 154 valence electrons. The van der Waals surface area contributed by atoms with E-state index < -0.39 is 28.9 Å². The molecule has 1 heterocycles. The normalized spacial score (nSPS) is 17.1. The Balaban J connectivity index is 2.40. The van der Waals surface area contributed by atoms with Crippen molar-refractivity contribution in [3.8, 4) is 5.75 Å². The molecule has 0 bridgehead atoms. The van der Waals surface area contributed by atoms with Crippen molar-refractivity contribution < 1.29 is 28.7 Å². The van der Waals surface area contributed by atoms with Crippen LogP contribution in [0.4, 0.5) is 11.4 Å². The van der Waals surface area contributed by atoms with E-state index in [0.717, 1.165) is 0 Å². The lowest BCUT2D eigenvalue weighted by Crippen LogP contribution is -2.55. The summed E-state index contributed by atoms with van der Waals surface area (Å²) in [5, 5.41) is 11.2. The fourth-order valence-electron chi connectivity index (χ4n) is 2.99. The Morgan fingerprint density at radius 1 is 1.32 bits per heavy atom. The van der Waals surface area contributed by atoms with Crippen molar-refractivity contribution in [1.82, 2.24) is 0 Å². The van der Waals surface area contributed by atoms with Gasteiger partial charge in [-0.2, -0.15) is 0 Å². The highest BCUT2D eigenvalue weighted by molar-refractivity contribution is 6.05. The standard InChI is InChI=1S/C19H26N2O7/c1-5-14(19(23)27-10-9-26-6-2)20-15-11-13(21(24)25)7-8-16(15)28-17(12(3)4)18(20)22/h7-8,11-12,14,17H,5-6,9-10H2,1-4H3. The van der Waals surface area contributed by atoms with Gasteiger partial charge in [0, 0.05) is 18.7 Å². The SMILES string of the molecule is CCOCCOC(=O)C(CC)N1C(=O)C(C(C)C)Oc2ccc([N+](=O)[O-])cc21. The molecule has 28 heavy (non-hydrogen) atoms. The molecule has 0 radical (unpaired) electrons. The molecule has 0 fully saturated rings. The number of non-ortho nitro benzene ring substituents is 1. The van der Waals surface area contributed by atoms with Crippen molar-refractivity contribution in [3.63, 3.8) is 0 Å². The van der Waals surface area contributed by atoms with E-state index in [1.807, 2.05) is 20.8 Å². The van der Waals surface area contributed by atoms with E-state index in [9.17, 15) is 19.7 Å². The molecule has 0 saturated heterocycles. The molecule has 0 saturated carbocycles. The van der Waals surface area contributed by atoms with Gasteiger partial charge in [-0.3, -0.25) is 19.8 Å². The van der Waals surface area contributed by atoms with Crippen molar-refractivity contribution >= 4 is 23.3 Å². The summed E-state index contributed by atoms with van der Waals surface area (Å²) in [6.45, 7) is 8.07. The van der Waals surface area contributed by atoms with E-state index in [1.165, 1.54) is 23.1 Å². The summed E-state index contributed by atoms with van der Waals surface area (Å²) in [5.74, 6) is -0.830. The van der Waals surface area contributed by atoms with Crippen molar-refractivity contribution in [3.05, 3.63) is 28.3 Å². The zero-order valence-electron chi connectivity index (χ0n) is 16.5. The second-order valence-electron chi connectivity index (χ2n) is 6.69. The molecule has 2 unspecified atom stereocenters. The van der Waals surface area contributed by atoms with Gasteiger partial charge in [0.15, 0.2) is 6.10 Å². The van der Waals surface area contributed by atoms with E-state index in [1.54, 1.807) is 6.92 Å². The number of ether oxygens (including phenoxy) is 3. The molecule has 1 aliphatic heterocycles. The van der Waals surface area contributed by atoms with Gasteiger partial charge in [0.1, 0.15) is 18.4 Å². The molecular formula is C19H26N2O7. The summed E-state index contributed by atoms with van der Waals surface area (Å²) < 4.78 is 16.2. The second kappa shape index (κ2) is 9.50. The lowest BCUT2D eigenvalue weighted by Gasteiger charge is -2.38. The first kappa shape index (κ1) is 21.6. The molecule has 1 amide bonds. The van der Waals surface area contributed by atoms with E-state index in [-0.39, 0.29) is 36.9 Å². The highest BCUT2D eigenvalue weighted by Crippen LogP contribution is 2.40. The number of nitro groups is 1. The number of fused-ring (bicyclic) bond motifs is 1. The molecule has 0 N–H and O–H groups in total. The number of carbonyl (C=O) groups is 2. The molecule has 0 spiro atoms. The van der Waals surface area contributed by atoms with E-state index >= 15 is 0 Å². The van der Waals surface area contributed by atoms with Gasteiger partial charge < -0.3 is 14.2 Å². The maximum absolute atomic E-state index is 13.1. The number of anilines is 1. The number of benzene rings is 1. The molecule has 2 atom stereocenters. The molecule has 1 aromatic carbocycles. The Labute approximate surface area is 163 Å². The number of hydrogen-bond acceptors (Lipinski definition) is 7. The number of esters is 1. The van der Waals surface area contributed by atoms with Crippen molar-refractivity contribution in [2.75, 3.05) is 24.7 Å². The summed E-state index contributed by atoms with van der Waals surface area (Å²) in [6, 6.07) is 3.10. The number of amides is 1. The van der Waals surface area contributed by atoms with Crippen LogP contribution in [-0.4, -0.2) is 48.8 Å². The first-order valence-electron chi connectivity index (χ1n) is 9.34. The largest absolute Gasteiger partial charge is 0.478 e. The average Bonchev–Trinajstić information content (AvgIpc) is 2.66. The van der Waals surface area contributed by atoms with Crippen LogP contribution in [-0.2, 0) is 19.1 Å². The summed E-state index contributed by atoms with van der Waals surface area (Å²) in [4.78, 5) is 37.6. The Morgan fingerprint density at radius 2 is 2.04 bits per heavy atom. The van der Waals surface area contributed by atoms with Crippen LogP contribution in [0.3, 0.4) is 0 Å². The fraction of sp³-hybridized carbons (Fsp3) is 0.579. The van der Waals surface area contributed by atoms with Gasteiger partial charge in [0.25, 0.3) is 11.6 Å². The Bertz CT molecular complexity index is 735. The molecule has 9 nitrogen and oxygen atoms in total. The van der Waals surface area contributed by atoms with Crippen LogP contribution in [0.25, 0.3) is 0 Å². The number of hydrogen-bond donors (Lipinski definition) is 0. The minimum absolute atomic E-state index is 0.0666. The number of nitrogens with zero attached hydrogens (tertiary/aromatic N) is 2. The van der Waals surface area contributed by atoms with Crippen LogP contribution in [0.15, 0.2) is 18.2 Å². The lowest BCUT2D eigenvalue weighted by molar-refractivity contribution is -0.384. The third kappa shape index (κ3) is 4.59. The molecule has 2 rings (SSSR count). The van der Waals surface area contributed by atoms with Crippen molar-refractivity contribution in [2.24, 2.45) is 5.92 Å². The highest BCUT2D eigenvalue weighted by Gasteiger charge is 2.42. The predicted molar refractivity (Wildman–Crippen MR) is 101 cm³/mol. The second-order valence-corrected chi connectivity index (χ2v) is 6.69. The predicted octanol–water partition coefficient (Wildman–Crippen LogP) is 2.70. The van der Waals surface area contributed by atoms with Gasteiger partial charge in [-0.05, 0) is 25.3 Å². The summed E-state index contributed by atoms with van der Waals surface area (Å²) >= 11 is 0. The van der Waals surface area contributed by atoms with Crippen LogP contribution < -0.4 is 9.64 Å². The lowest BCUT2D eigenvalue weighted by atomic mass is 10.0. The molecular weight excluding hydrogens is 368 g/mol. The van der Waals surface area contributed by atoms with Crippen LogP contribution in [0, 0.1) is 16.0 Å². The molecule has 1 aliphatic rings. The highest BCUT2D eigenvalue weighted by atomic mass is 16.6. The maximum atomic E-state index is 13.1. The topological polar surface area (TPSA) is 108 Å². The Hall–Kier alpha value is -2.68. The molecule has 1 aromatic rings. The first-order chi connectivity index (χ1) is 13.3.